The van der Waals surface area contributed by atoms with Gasteiger partial charge in [0, 0.05) is 6.54 Å². The molecular formula is C15H16Br2N2O2. The molecule has 0 radical (unpaired) electrons. The number of halogens is 2. The third-order valence-corrected chi connectivity index (χ3v) is 4.42. The van der Waals surface area contributed by atoms with Crippen LogP contribution in [-0.4, -0.2) is 19.2 Å². The summed E-state index contributed by atoms with van der Waals surface area (Å²) in [6, 6.07) is 6.01. The SMILES string of the molecule is COc1cc(CNc2cnc(Br)c(C)c2)cc(Br)c1OC. The molecule has 1 aromatic heterocycles. The molecule has 112 valence electrons. The highest BCUT2D eigenvalue weighted by Gasteiger charge is 2.10. The van der Waals surface area contributed by atoms with Crippen LogP contribution in [0.4, 0.5) is 5.69 Å². The van der Waals surface area contributed by atoms with Gasteiger partial charge in [-0.05, 0) is 68.1 Å². The molecule has 0 aliphatic carbocycles. The van der Waals surface area contributed by atoms with Crippen LogP contribution in [0.3, 0.4) is 0 Å². The number of nitrogens with zero attached hydrogens (tertiary/aromatic N) is 1. The van der Waals surface area contributed by atoms with Crippen LogP contribution in [-0.2, 0) is 6.54 Å². The molecule has 6 heteroatoms. The monoisotopic (exact) mass is 414 g/mol. The fourth-order valence-corrected chi connectivity index (χ4v) is 2.80. The van der Waals surface area contributed by atoms with Gasteiger partial charge in [-0.1, -0.05) is 0 Å². The predicted molar refractivity (Wildman–Crippen MR) is 91.2 cm³/mol. The zero-order chi connectivity index (χ0) is 15.4. The first-order valence-electron chi connectivity index (χ1n) is 6.31. The van der Waals surface area contributed by atoms with Crippen LogP contribution in [0.15, 0.2) is 33.5 Å². The first-order valence-corrected chi connectivity index (χ1v) is 7.90. The molecule has 0 aliphatic rings. The van der Waals surface area contributed by atoms with Crippen molar-refractivity contribution in [2.45, 2.75) is 13.5 Å². The Balaban J connectivity index is 2.16. The number of pyridine rings is 1. The lowest BCUT2D eigenvalue weighted by molar-refractivity contribution is 0.352. The summed E-state index contributed by atoms with van der Waals surface area (Å²) in [6.45, 7) is 2.68. The minimum absolute atomic E-state index is 0.668. The molecule has 2 aromatic rings. The summed E-state index contributed by atoms with van der Waals surface area (Å²) >= 11 is 6.89. The van der Waals surface area contributed by atoms with Crippen molar-refractivity contribution >= 4 is 37.5 Å². The number of anilines is 1. The van der Waals surface area contributed by atoms with Crippen molar-refractivity contribution in [3.8, 4) is 11.5 Å². The van der Waals surface area contributed by atoms with Crippen LogP contribution >= 0.6 is 31.9 Å². The van der Waals surface area contributed by atoms with Gasteiger partial charge < -0.3 is 14.8 Å². The van der Waals surface area contributed by atoms with Crippen LogP contribution < -0.4 is 14.8 Å². The number of hydrogen-bond acceptors (Lipinski definition) is 4. The summed E-state index contributed by atoms with van der Waals surface area (Å²) in [5.41, 5.74) is 3.15. The maximum atomic E-state index is 5.34. The topological polar surface area (TPSA) is 43.4 Å². The van der Waals surface area contributed by atoms with E-state index in [1.165, 1.54) is 0 Å². The summed E-state index contributed by atoms with van der Waals surface area (Å²) in [5.74, 6) is 1.40. The Morgan fingerprint density at radius 3 is 2.52 bits per heavy atom. The number of rotatable bonds is 5. The molecular weight excluding hydrogens is 400 g/mol. The first kappa shape index (κ1) is 16.1. The fraction of sp³-hybridized carbons (Fsp3) is 0.267. The Morgan fingerprint density at radius 2 is 1.90 bits per heavy atom. The van der Waals surface area contributed by atoms with E-state index in [0.717, 1.165) is 25.9 Å². The largest absolute Gasteiger partial charge is 0.493 e. The van der Waals surface area contributed by atoms with E-state index in [1.54, 1.807) is 20.4 Å². The zero-order valence-corrected chi connectivity index (χ0v) is 15.2. The Morgan fingerprint density at radius 1 is 1.14 bits per heavy atom. The van der Waals surface area contributed by atoms with Gasteiger partial charge in [0.05, 0.1) is 30.6 Å². The lowest BCUT2D eigenvalue weighted by Gasteiger charge is -2.13. The van der Waals surface area contributed by atoms with E-state index in [4.69, 9.17) is 9.47 Å². The molecule has 1 N–H and O–H groups in total. The third-order valence-electron chi connectivity index (χ3n) is 3.00. The number of aryl methyl sites for hydroxylation is 1. The van der Waals surface area contributed by atoms with Gasteiger partial charge in [-0.25, -0.2) is 4.98 Å². The van der Waals surface area contributed by atoms with Gasteiger partial charge in [0.2, 0.25) is 0 Å². The minimum atomic E-state index is 0.668. The van der Waals surface area contributed by atoms with Crippen molar-refractivity contribution in [2.24, 2.45) is 0 Å². The van der Waals surface area contributed by atoms with Crippen LogP contribution in [0.25, 0.3) is 0 Å². The van der Waals surface area contributed by atoms with Crippen molar-refractivity contribution in [1.82, 2.24) is 4.98 Å². The second kappa shape index (κ2) is 7.13. The van der Waals surface area contributed by atoms with Gasteiger partial charge in [-0.2, -0.15) is 0 Å². The highest BCUT2D eigenvalue weighted by molar-refractivity contribution is 9.10. The molecule has 2 rings (SSSR count). The Kier molecular flexibility index (Phi) is 5.47. The Bertz CT molecular complexity index is 648. The van der Waals surface area contributed by atoms with Gasteiger partial charge in [-0.3, -0.25) is 0 Å². The van der Waals surface area contributed by atoms with Gasteiger partial charge in [0.25, 0.3) is 0 Å². The molecule has 21 heavy (non-hydrogen) atoms. The quantitative estimate of drug-likeness (QED) is 0.727. The number of methoxy groups -OCH3 is 2. The second-order valence-corrected chi connectivity index (χ2v) is 6.10. The Labute approximate surface area is 141 Å². The predicted octanol–water partition coefficient (Wildman–Crippen LogP) is 4.54. The molecule has 0 atom stereocenters. The van der Waals surface area contributed by atoms with Crippen LogP contribution in [0, 0.1) is 6.92 Å². The van der Waals surface area contributed by atoms with Crippen molar-refractivity contribution in [1.29, 1.82) is 0 Å². The molecule has 0 aliphatic heterocycles. The fourth-order valence-electron chi connectivity index (χ4n) is 1.93. The highest BCUT2D eigenvalue weighted by Crippen LogP contribution is 2.36. The van der Waals surface area contributed by atoms with E-state index < -0.39 is 0 Å². The number of ether oxygens (including phenoxy) is 2. The highest BCUT2D eigenvalue weighted by atomic mass is 79.9. The average molecular weight is 416 g/mol. The standard InChI is InChI=1S/C15H16Br2N2O2/c1-9-4-11(8-19-15(9)17)18-7-10-5-12(16)14(21-3)13(6-10)20-2/h4-6,8,18H,7H2,1-3H3. The Hall–Kier alpha value is -1.27. The lowest BCUT2D eigenvalue weighted by Crippen LogP contribution is -2.02. The van der Waals surface area contributed by atoms with Crippen molar-refractivity contribution in [3.05, 3.63) is 44.6 Å². The molecule has 0 amide bonds. The van der Waals surface area contributed by atoms with E-state index in [2.05, 4.69) is 42.2 Å². The smallest absolute Gasteiger partial charge is 0.174 e. The second-order valence-electron chi connectivity index (χ2n) is 4.50. The van der Waals surface area contributed by atoms with Crippen LogP contribution in [0.2, 0.25) is 0 Å². The molecule has 0 saturated carbocycles. The number of nitrogens with one attached hydrogen (secondary N) is 1. The molecule has 0 bridgehead atoms. The van der Waals surface area contributed by atoms with E-state index in [0.29, 0.717) is 18.0 Å². The zero-order valence-electron chi connectivity index (χ0n) is 12.0. The summed E-state index contributed by atoms with van der Waals surface area (Å²) in [4.78, 5) is 4.27. The van der Waals surface area contributed by atoms with E-state index in [9.17, 15) is 0 Å². The van der Waals surface area contributed by atoms with Gasteiger partial charge in [-0.15, -0.1) is 0 Å². The molecule has 0 saturated heterocycles. The summed E-state index contributed by atoms with van der Waals surface area (Å²) < 4.78 is 12.4. The number of benzene rings is 1. The molecule has 4 nitrogen and oxygen atoms in total. The summed E-state index contributed by atoms with van der Waals surface area (Å²) in [6.07, 6.45) is 1.80. The van der Waals surface area contributed by atoms with Gasteiger partial charge in [0.1, 0.15) is 4.60 Å². The maximum absolute atomic E-state index is 5.34. The molecule has 1 aromatic carbocycles. The summed E-state index contributed by atoms with van der Waals surface area (Å²) in [7, 11) is 3.25. The van der Waals surface area contributed by atoms with E-state index in [-0.39, 0.29) is 0 Å². The van der Waals surface area contributed by atoms with Gasteiger partial charge in [0.15, 0.2) is 11.5 Å². The number of hydrogen-bond donors (Lipinski definition) is 1. The lowest BCUT2D eigenvalue weighted by atomic mass is 10.2. The van der Waals surface area contributed by atoms with E-state index >= 15 is 0 Å². The molecule has 0 unspecified atom stereocenters. The third kappa shape index (κ3) is 3.89. The first-order chi connectivity index (χ1) is 10.0. The van der Waals surface area contributed by atoms with E-state index in [1.807, 2.05) is 25.1 Å². The molecule has 0 spiro atoms. The van der Waals surface area contributed by atoms with Crippen molar-refractivity contribution in [2.75, 3.05) is 19.5 Å². The van der Waals surface area contributed by atoms with Crippen molar-refractivity contribution in [3.63, 3.8) is 0 Å². The maximum Gasteiger partial charge on any atom is 0.174 e. The molecule has 1 heterocycles. The number of aromatic nitrogens is 1. The van der Waals surface area contributed by atoms with Crippen LogP contribution in [0.1, 0.15) is 11.1 Å². The van der Waals surface area contributed by atoms with Gasteiger partial charge >= 0.3 is 0 Å². The minimum Gasteiger partial charge on any atom is -0.493 e. The summed E-state index contributed by atoms with van der Waals surface area (Å²) in [5, 5.41) is 3.34. The van der Waals surface area contributed by atoms with Crippen molar-refractivity contribution < 1.29 is 9.47 Å². The normalized spacial score (nSPS) is 10.3. The van der Waals surface area contributed by atoms with Crippen LogP contribution in [0.5, 0.6) is 11.5 Å². The molecule has 0 fully saturated rings. The average Bonchev–Trinajstić information content (AvgIpc) is 2.47.